The second-order valence-corrected chi connectivity index (χ2v) is 3.45. The summed E-state index contributed by atoms with van der Waals surface area (Å²) in [5.74, 6) is 0. The van der Waals surface area contributed by atoms with Crippen LogP contribution in [-0.4, -0.2) is 5.11 Å². The molecule has 0 aromatic heterocycles. The third-order valence-corrected chi connectivity index (χ3v) is 2.39. The molecule has 0 aliphatic rings. The zero-order chi connectivity index (χ0) is 10.7. The molecule has 2 heteroatoms. The van der Waals surface area contributed by atoms with E-state index >= 15 is 0 Å². The second kappa shape index (κ2) is 4.15. The Morgan fingerprint density at radius 2 is 1.73 bits per heavy atom. The van der Waals surface area contributed by atoms with E-state index < -0.39 is 0 Å². The lowest BCUT2D eigenvalue weighted by atomic mass is 10.0. The van der Waals surface area contributed by atoms with Crippen LogP contribution in [0.5, 0.6) is 0 Å². The minimum atomic E-state index is 0.0418. The van der Waals surface area contributed by atoms with Crippen LogP contribution in [0.15, 0.2) is 48.5 Å². The van der Waals surface area contributed by atoms with Crippen LogP contribution in [0, 0.1) is 0 Å². The number of hydrogen-bond donors (Lipinski definition) is 2. The van der Waals surface area contributed by atoms with Crippen LogP contribution in [0.3, 0.4) is 0 Å². The van der Waals surface area contributed by atoms with Gasteiger partial charge in [0, 0.05) is 11.3 Å². The number of benzene rings is 2. The Morgan fingerprint density at radius 3 is 2.40 bits per heavy atom. The van der Waals surface area contributed by atoms with Gasteiger partial charge in [-0.15, -0.1) is 0 Å². The molecule has 76 valence electrons. The molecule has 15 heavy (non-hydrogen) atoms. The van der Waals surface area contributed by atoms with Crippen LogP contribution >= 0.6 is 0 Å². The van der Waals surface area contributed by atoms with Gasteiger partial charge in [-0.25, -0.2) is 0 Å². The van der Waals surface area contributed by atoms with Crippen LogP contribution < -0.4 is 5.73 Å². The van der Waals surface area contributed by atoms with E-state index in [0.717, 1.165) is 22.4 Å². The smallest absolute Gasteiger partial charge is 0.0682 e. The van der Waals surface area contributed by atoms with Gasteiger partial charge in [-0.3, -0.25) is 0 Å². The summed E-state index contributed by atoms with van der Waals surface area (Å²) in [5.41, 5.74) is 9.56. The van der Waals surface area contributed by atoms with E-state index in [1.165, 1.54) is 0 Å². The zero-order valence-corrected chi connectivity index (χ0v) is 8.35. The van der Waals surface area contributed by atoms with Crippen molar-refractivity contribution in [2.45, 2.75) is 6.61 Å². The summed E-state index contributed by atoms with van der Waals surface area (Å²) in [6.07, 6.45) is 0. The number of anilines is 1. The summed E-state index contributed by atoms with van der Waals surface area (Å²) in [5, 5.41) is 9.06. The molecule has 2 rings (SSSR count). The van der Waals surface area contributed by atoms with Crippen LogP contribution in [0.1, 0.15) is 5.56 Å². The fourth-order valence-corrected chi connectivity index (χ4v) is 1.57. The number of aliphatic hydroxyl groups excluding tert-OH is 1. The molecule has 0 aliphatic heterocycles. The van der Waals surface area contributed by atoms with E-state index in [2.05, 4.69) is 0 Å². The van der Waals surface area contributed by atoms with Crippen molar-refractivity contribution in [1.82, 2.24) is 0 Å². The highest BCUT2D eigenvalue weighted by Gasteiger charge is 2.02. The van der Waals surface area contributed by atoms with Crippen molar-refractivity contribution < 1.29 is 5.11 Å². The first-order valence-corrected chi connectivity index (χ1v) is 4.86. The molecule has 0 radical (unpaired) electrons. The maximum absolute atomic E-state index is 9.06. The number of nitrogen functional groups attached to an aromatic ring is 1. The molecular weight excluding hydrogens is 186 g/mol. The van der Waals surface area contributed by atoms with E-state index in [-0.39, 0.29) is 6.61 Å². The topological polar surface area (TPSA) is 46.2 Å². The van der Waals surface area contributed by atoms with Crippen molar-refractivity contribution in [3.63, 3.8) is 0 Å². The molecule has 2 aromatic rings. The van der Waals surface area contributed by atoms with Crippen LogP contribution in [0.2, 0.25) is 0 Å². The summed E-state index contributed by atoms with van der Waals surface area (Å²) in [6.45, 7) is 0.0418. The van der Waals surface area contributed by atoms with Gasteiger partial charge >= 0.3 is 0 Å². The van der Waals surface area contributed by atoms with Gasteiger partial charge in [0.15, 0.2) is 0 Å². The molecule has 2 aromatic carbocycles. The predicted molar refractivity (Wildman–Crippen MR) is 62.2 cm³/mol. The van der Waals surface area contributed by atoms with Gasteiger partial charge in [0.05, 0.1) is 6.61 Å². The first kappa shape index (κ1) is 9.74. The Kier molecular flexibility index (Phi) is 2.70. The van der Waals surface area contributed by atoms with Gasteiger partial charge in [0.2, 0.25) is 0 Å². The third kappa shape index (κ3) is 2.00. The highest BCUT2D eigenvalue weighted by atomic mass is 16.3. The fourth-order valence-electron chi connectivity index (χ4n) is 1.57. The molecule has 2 nitrogen and oxygen atoms in total. The number of rotatable bonds is 2. The highest BCUT2D eigenvalue weighted by molar-refractivity contribution is 5.76. The van der Waals surface area contributed by atoms with Crippen molar-refractivity contribution in [1.29, 1.82) is 0 Å². The molecule has 0 bridgehead atoms. The van der Waals surface area contributed by atoms with E-state index in [1.807, 2.05) is 48.5 Å². The molecule has 0 aliphatic carbocycles. The molecule has 3 N–H and O–H groups in total. The molecule has 0 saturated carbocycles. The monoisotopic (exact) mass is 199 g/mol. The second-order valence-electron chi connectivity index (χ2n) is 3.45. The quantitative estimate of drug-likeness (QED) is 0.730. The van der Waals surface area contributed by atoms with Crippen molar-refractivity contribution >= 4 is 5.69 Å². The van der Waals surface area contributed by atoms with Crippen molar-refractivity contribution in [2.75, 3.05) is 5.73 Å². The Balaban J connectivity index is 2.52. The Bertz CT molecular complexity index is 451. The average Bonchev–Trinajstić information content (AvgIpc) is 2.31. The van der Waals surface area contributed by atoms with Gasteiger partial charge in [-0.05, 0) is 23.3 Å². The third-order valence-electron chi connectivity index (χ3n) is 2.39. The number of aliphatic hydroxyl groups is 1. The van der Waals surface area contributed by atoms with E-state index in [1.54, 1.807) is 0 Å². The summed E-state index contributed by atoms with van der Waals surface area (Å²) in [6, 6.07) is 15.5. The largest absolute Gasteiger partial charge is 0.398 e. The van der Waals surface area contributed by atoms with Crippen LogP contribution in [0.25, 0.3) is 11.1 Å². The maximum atomic E-state index is 9.06. The Hall–Kier alpha value is -1.80. The normalized spacial score (nSPS) is 10.2. The molecule has 0 amide bonds. The Labute approximate surface area is 89.0 Å². The lowest BCUT2D eigenvalue weighted by Crippen LogP contribution is -1.92. The van der Waals surface area contributed by atoms with Gasteiger partial charge in [0.1, 0.15) is 0 Å². The molecule has 0 unspecified atom stereocenters. The lowest BCUT2D eigenvalue weighted by molar-refractivity contribution is 0.282. The van der Waals surface area contributed by atoms with Gasteiger partial charge in [0.25, 0.3) is 0 Å². The van der Waals surface area contributed by atoms with Crippen LogP contribution in [-0.2, 0) is 6.61 Å². The number of nitrogens with two attached hydrogens (primary N) is 1. The average molecular weight is 199 g/mol. The first-order chi connectivity index (χ1) is 7.31. The van der Waals surface area contributed by atoms with E-state index in [9.17, 15) is 0 Å². The fraction of sp³-hybridized carbons (Fsp3) is 0.0769. The molecule has 0 fully saturated rings. The van der Waals surface area contributed by atoms with E-state index in [4.69, 9.17) is 10.8 Å². The molecule has 0 saturated heterocycles. The Morgan fingerprint density at radius 1 is 1.00 bits per heavy atom. The summed E-state index contributed by atoms with van der Waals surface area (Å²) >= 11 is 0. The summed E-state index contributed by atoms with van der Waals surface area (Å²) < 4.78 is 0. The van der Waals surface area contributed by atoms with Gasteiger partial charge in [-0.1, -0.05) is 36.4 Å². The minimum absolute atomic E-state index is 0.0418. The maximum Gasteiger partial charge on any atom is 0.0682 e. The molecule has 0 spiro atoms. The SMILES string of the molecule is Nc1ccc(CO)cc1-c1ccccc1. The predicted octanol–water partition coefficient (Wildman–Crippen LogP) is 2.43. The van der Waals surface area contributed by atoms with E-state index in [0.29, 0.717) is 0 Å². The van der Waals surface area contributed by atoms with Gasteiger partial charge < -0.3 is 10.8 Å². The molecule has 0 atom stereocenters. The van der Waals surface area contributed by atoms with Crippen molar-refractivity contribution in [2.24, 2.45) is 0 Å². The summed E-state index contributed by atoms with van der Waals surface area (Å²) in [4.78, 5) is 0. The minimum Gasteiger partial charge on any atom is -0.398 e. The zero-order valence-electron chi connectivity index (χ0n) is 8.35. The van der Waals surface area contributed by atoms with Crippen LogP contribution in [0.4, 0.5) is 5.69 Å². The van der Waals surface area contributed by atoms with Crippen molar-refractivity contribution in [3.8, 4) is 11.1 Å². The van der Waals surface area contributed by atoms with Crippen molar-refractivity contribution in [3.05, 3.63) is 54.1 Å². The number of hydrogen-bond acceptors (Lipinski definition) is 2. The summed E-state index contributed by atoms with van der Waals surface area (Å²) in [7, 11) is 0. The highest BCUT2D eigenvalue weighted by Crippen LogP contribution is 2.26. The first-order valence-electron chi connectivity index (χ1n) is 4.86. The standard InChI is InChI=1S/C13H13NO/c14-13-7-6-10(9-15)8-12(13)11-4-2-1-3-5-11/h1-8,15H,9,14H2. The lowest BCUT2D eigenvalue weighted by Gasteiger charge is -2.07. The molecular formula is C13H13NO. The molecule has 0 heterocycles. The van der Waals surface area contributed by atoms with Gasteiger partial charge in [-0.2, -0.15) is 0 Å².